The van der Waals surface area contributed by atoms with Gasteiger partial charge in [0.15, 0.2) is 0 Å². The average Bonchev–Trinajstić information content (AvgIpc) is 2.92. The van der Waals surface area contributed by atoms with Crippen molar-refractivity contribution in [2.45, 2.75) is 38.3 Å². The molecule has 1 aliphatic carbocycles. The summed E-state index contributed by atoms with van der Waals surface area (Å²) in [7, 11) is 0. The lowest BCUT2D eigenvalue weighted by molar-refractivity contribution is 0.677. The minimum atomic E-state index is 0.0314. The second-order valence-corrected chi connectivity index (χ2v) is 8.20. The van der Waals surface area contributed by atoms with Crippen molar-refractivity contribution in [3.05, 3.63) is 39.0 Å². The molecular weight excluding hydrogens is 312 g/mol. The lowest BCUT2D eigenvalue weighted by atomic mass is 10.1. The van der Waals surface area contributed by atoms with Crippen molar-refractivity contribution in [3.63, 3.8) is 0 Å². The lowest BCUT2D eigenvalue weighted by Crippen LogP contribution is -2.24. The highest BCUT2D eigenvalue weighted by Gasteiger charge is 2.39. The van der Waals surface area contributed by atoms with Crippen molar-refractivity contribution in [2.24, 2.45) is 5.73 Å². The van der Waals surface area contributed by atoms with Crippen molar-refractivity contribution in [1.29, 1.82) is 0 Å². The zero-order chi connectivity index (χ0) is 15.2. The first-order valence-electron chi connectivity index (χ1n) is 7.43. The van der Waals surface area contributed by atoms with Gasteiger partial charge in [-0.05, 0) is 36.8 Å². The van der Waals surface area contributed by atoms with Gasteiger partial charge < -0.3 is 11.1 Å². The Bertz CT molecular complexity index is 803. The number of thiophene rings is 2. The minimum absolute atomic E-state index is 0.0314. The van der Waals surface area contributed by atoms with Crippen LogP contribution >= 0.6 is 22.7 Å². The normalized spacial score (nSPS) is 16.1. The third-order valence-electron chi connectivity index (χ3n) is 4.24. The predicted octanol–water partition coefficient (Wildman–Crippen LogP) is 3.71. The Kier molecular flexibility index (Phi) is 3.40. The summed E-state index contributed by atoms with van der Waals surface area (Å²) in [6.45, 7) is 2.96. The number of aryl methyl sites for hydroxylation is 1. The van der Waals surface area contributed by atoms with E-state index in [9.17, 15) is 0 Å². The molecule has 0 unspecified atom stereocenters. The van der Waals surface area contributed by atoms with E-state index in [-0.39, 0.29) is 5.54 Å². The molecule has 0 aromatic carbocycles. The monoisotopic (exact) mass is 330 g/mol. The van der Waals surface area contributed by atoms with E-state index in [1.165, 1.54) is 20.0 Å². The molecule has 3 N–H and O–H groups in total. The number of rotatable bonds is 5. The van der Waals surface area contributed by atoms with Crippen LogP contribution in [0.15, 0.2) is 23.7 Å². The van der Waals surface area contributed by atoms with Gasteiger partial charge in [0.05, 0.1) is 16.6 Å². The molecule has 0 atom stereocenters. The molecule has 0 spiro atoms. The molecule has 1 saturated carbocycles. The molecule has 0 bridgehead atoms. The topological polar surface area (TPSA) is 63.8 Å². The molecule has 1 fully saturated rings. The van der Waals surface area contributed by atoms with Gasteiger partial charge in [-0.2, -0.15) is 5.10 Å². The van der Waals surface area contributed by atoms with Crippen LogP contribution in [-0.2, 0) is 13.0 Å². The maximum atomic E-state index is 6.29. The van der Waals surface area contributed by atoms with E-state index >= 15 is 0 Å². The third-order valence-corrected chi connectivity index (χ3v) is 6.43. The number of fused-ring (bicyclic) bond motifs is 1. The third kappa shape index (κ3) is 2.62. The quantitative estimate of drug-likeness (QED) is 0.748. The van der Waals surface area contributed by atoms with Gasteiger partial charge >= 0.3 is 0 Å². The van der Waals surface area contributed by atoms with E-state index in [0.29, 0.717) is 0 Å². The molecule has 114 valence electrons. The van der Waals surface area contributed by atoms with Gasteiger partial charge in [-0.15, -0.1) is 27.8 Å². The minimum Gasteiger partial charge on any atom is -0.378 e. The van der Waals surface area contributed by atoms with Crippen LogP contribution in [0.3, 0.4) is 0 Å². The van der Waals surface area contributed by atoms with Crippen LogP contribution in [0.2, 0.25) is 0 Å². The Morgan fingerprint density at radius 2 is 2.27 bits per heavy atom. The van der Waals surface area contributed by atoms with Crippen molar-refractivity contribution in [3.8, 4) is 0 Å². The SMILES string of the molecule is Cc1c(CC2(N)CC2)sc2c(NCc3cccs3)cnnc12. The number of aromatic nitrogens is 2. The molecular formula is C16H18N4S2. The number of hydrogen-bond donors (Lipinski definition) is 2. The zero-order valence-corrected chi connectivity index (χ0v) is 14.1. The van der Waals surface area contributed by atoms with Gasteiger partial charge in [0.1, 0.15) is 5.52 Å². The maximum Gasteiger partial charge on any atom is 0.109 e. The van der Waals surface area contributed by atoms with Gasteiger partial charge in [-0.3, -0.25) is 0 Å². The molecule has 22 heavy (non-hydrogen) atoms. The van der Waals surface area contributed by atoms with E-state index in [4.69, 9.17) is 5.73 Å². The summed E-state index contributed by atoms with van der Waals surface area (Å²) in [5.74, 6) is 0. The lowest BCUT2D eigenvalue weighted by Gasteiger charge is -2.06. The van der Waals surface area contributed by atoms with Gasteiger partial charge in [-0.25, -0.2) is 0 Å². The number of nitrogens with one attached hydrogen (secondary N) is 1. The summed E-state index contributed by atoms with van der Waals surface area (Å²) in [4.78, 5) is 2.67. The van der Waals surface area contributed by atoms with E-state index < -0.39 is 0 Å². The summed E-state index contributed by atoms with van der Waals surface area (Å²) in [5.41, 5.74) is 9.64. The molecule has 4 nitrogen and oxygen atoms in total. The van der Waals surface area contributed by atoms with Crippen LogP contribution < -0.4 is 11.1 Å². The first-order chi connectivity index (χ1) is 10.6. The number of hydrogen-bond acceptors (Lipinski definition) is 6. The van der Waals surface area contributed by atoms with Crippen molar-refractivity contribution in [1.82, 2.24) is 10.2 Å². The van der Waals surface area contributed by atoms with Crippen LogP contribution in [0, 0.1) is 6.92 Å². The first kappa shape index (κ1) is 14.1. The highest BCUT2D eigenvalue weighted by molar-refractivity contribution is 7.19. The fourth-order valence-electron chi connectivity index (χ4n) is 2.60. The molecule has 0 amide bonds. The largest absolute Gasteiger partial charge is 0.378 e. The molecule has 3 aromatic heterocycles. The fraction of sp³-hybridized carbons (Fsp3) is 0.375. The number of nitrogens with two attached hydrogens (primary N) is 1. The van der Waals surface area contributed by atoms with Gasteiger partial charge in [-0.1, -0.05) is 6.07 Å². The molecule has 3 aromatic rings. The summed E-state index contributed by atoms with van der Waals surface area (Å²) in [6, 6.07) is 4.21. The van der Waals surface area contributed by atoms with Crippen LogP contribution in [0.1, 0.15) is 28.2 Å². The second kappa shape index (κ2) is 5.30. The molecule has 0 radical (unpaired) electrons. The molecule has 6 heteroatoms. The zero-order valence-electron chi connectivity index (χ0n) is 12.4. The number of nitrogens with zero attached hydrogens (tertiary/aromatic N) is 2. The van der Waals surface area contributed by atoms with Crippen LogP contribution in [0.25, 0.3) is 10.2 Å². The highest BCUT2D eigenvalue weighted by atomic mass is 32.1. The summed E-state index contributed by atoms with van der Waals surface area (Å²) < 4.78 is 1.20. The average molecular weight is 330 g/mol. The van der Waals surface area contributed by atoms with Crippen molar-refractivity contribution in [2.75, 3.05) is 5.32 Å². The van der Waals surface area contributed by atoms with Crippen molar-refractivity contribution >= 4 is 38.6 Å². The van der Waals surface area contributed by atoms with E-state index in [0.717, 1.165) is 37.0 Å². The Balaban J connectivity index is 1.65. The smallest absolute Gasteiger partial charge is 0.109 e. The van der Waals surface area contributed by atoms with Crippen LogP contribution in [-0.4, -0.2) is 15.7 Å². The van der Waals surface area contributed by atoms with Gasteiger partial charge in [0, 0.05) is 28.3 Å². The predicted molar refractivity (Wildman–Crippen MR) is 93.7 cm³/mol. The second-order valence-electron chi connectivity index (χ2n) is 6.06. The van der Waals surface area contributed by atoms with E-state index in [2.05, 4.69) is 40.0 Å². The Labute approximate surface area is 137 Å². The van der Waals surface area contributed by atoms with Gasteiger partial charge in [0.2, 0.25) is 0 Å². The van der Waals surface area contributed by atoms with Crippen molar-refractivity contribution < 1.29 is 0 Å². The molecule has 0 saturated heterocycles. The molecule has 3 heterocycles. The number of anilines is 1. The van der Waals surface area contributed by atoms with Gasteiger partial charge in [0.25, 0.3) is 0 Å². The summed E-state index contributed by atoms with van der Waals surface area (Å²) in [5, 5.41) is 14.1. The Hall–Kier alpha value is -1.50. The van der Waals surface area contributed by atoms with Crippen LogP contribution in [0.4, 0.5) is 5.69 Å². The standard InChI is InChI=1S/C16H18N4S2/c1-10-13(7-16(17)4-5-16)22-15-12(9-19-20-14(10)15)18-8-11-3-2-6-21-11/h2-3,6,9H,4-5,7-8,17H2,1H3,(H,18,20). The highest BCUT2D eigenvalue weighted by Crippen LogP contribution is 2.41. The van der Waals surface area contributed by atoms with E-state index in [1.807, 2.05) is 17.5 Å². The molecule has 4 rings (SSSR count). The maximum absolute atomic E-state index is 6.29. The molecule has 1 aliphatic rings. The summed E-state index contributed by atoms with van der Waals surface area (Å²) in [6.07, 6.45) is 5.06. The summed E-state index contributed by atoms with van der Waals surface area (Å²) >= 11 is 3.57. The Morgan fingerprint density at radius 1 is 1.41 bits per heavy atom. The van der Waals surface area contributed by atoms with Crippen LogP contribution in [0.5, 0.6) is 0 Å². The van der Waals surface area contributed by atoms with E-state index in [1.54, 1.807) is 11.3 Å². The fourth-order valence-corrected chi connectivity index (χ4v) is 4.63. The molecule has 0 aliphatic heterocycles. The first-order valence-corrected chi connectivity index (χ1v) is 9.13. The Morgan fingerprint density at radius 3 is 3.00 bits per heavy atom.